The lowest BCUT2D eigenvalue weighted by molar-refractivity contribution is 0.491. The Morgan fingerprint density at radius 3 is 2.59 bits per heavy atom. The van der Waals surface area contributed by atoms with Gasteiger partial charge in [-0.15, -0.1) is 11.3 Å². The highest BCUT2D eigenvalue weighted by Gasteiger charge is 2.19. The summed E-state index contributed by atoms with van der Waals surface area (Å²) < 4.78 is 27.2. The van der Waals surface area contributed by atoms with Crippen LogP contribution in [0.25, 0.3) is 0 Å². The molecule has 1 N–H and O–H groups in total. The molecule has 0 saturated carbocycles. The first-order valence-electron chi connectivity index (χ1n) is 5.21. The van der Waals surface area contributed by atoms with Crippen molar-refractivity contribution in [2.45, 2.75) is 12.5 Å². The Labute approximate surface area is 102 Å². The van der Waals surface area contributed by atoms with Gasteiger partial charge in [0.25, 0.3) is 0 Å². The largest absolute Gasteiger partial charge is 0.313 e. The SMILES string of the molecule is CNC(Cc1cncs1)c1c(F)cccc1F. The van der Waals surface area contributed by atoms with Crippen molar-refractivity contribution in [3.63, 3.8) is 0 Å². The van der Waals surface area contributed by atoms with Gasteiger partial charge < -0.3 is 5.32 Å². The number of halogens is 2. The van der Waals surface area contributed by atoms with E-state index in [1.165, 1.54) is 29.5 Å². The van der Waals surface area contributed by atoms with E-state index in [4.69, 9.17) is 0 Å². The maximum atomic E-state index is 13.6. The molecule has 17 heavy (non-hydrogen) atoms. The van der Waals surface area contributed by atoms with Gasteiger partial charge in [0.1, 0.15) is 11.6 Å². The average molecular weight is 254 g/mol. The molecule has 5 heteroatoms. The van der Waals surface area contributed by atoms with Crippen molar-refractivity contribution in [1.82, 2.24) is 10.3 Å². The normalized spacial score (nSPS) is 12.6. The number of nitrogens with zero attached hydrogens (tertiary/aromatic N) is 1. The van der Waals surface area contributed by atoms with Crippen LogP contribution in [0.4, 0.5) is 8.78 Å². The van der Waals surface area contributed by atoms with Gasteiger partial charge in [0.05, 0.1) is 5.51 Å². The fourth-order valence-corrected chi connectivity index (χ4v) is 2.38. The molecule has 0 radical (unpaired) electrons. The molecule has 0 fully saturated rings. The molecule has 1 heterocycles. The lowest BCUT2D eigenvalue weighted by Crippen LogP contribution is -2.21. The van der Waals surface area contributed by atoms with Crippen LogP contribution < -0.4 is 5.32 Å². The van der Waals surface area contributed by atoms with E-state index in [1.807, 2.05) is 0 Å². The summed E-state index contributed by atoms with van der Waals surface area (Å²) in [5.74, 6) is -1.04. The van der Waals surface area contributed by atoms with Gasteiger partial charge in [-0.25, -0.2) is 8.78 Å². The van der Waals surface area contributed by atoms with Gasteiger partial charge in [-0.3, -0.25) is 4.98 Å². The Morgan fingerprint density at radius 1 is 1.35 bits per heavy atom. The molecule has 2 aromatic rings. The summed E-state index contributed by atoms with van der Waals surface area (Å²) in [5, 5.41) is 2.94. The molecule has 2 nitrogen and oxygen atoms in total. The molecule has 0 amide bonds. The highest BCUT2D eigenvalue weighted by molar-refractivity contribution is 7.09. The van der Waals surface area contributed by atoms with E-state index in [0.717, 1.165) is 4.88 Å². The van der Waals surface area contributed by atoms with Crippen LogP contribution in [0.3, 0.4) is 0 Å². The third-order valence-electron chi connectivity index (χ3n) is 2.59. The fourth-order valence-electron chi connectivity index (χ4n) is 1.74. The van der Waals surface area contributed by atoms with Crippen molar-refractivity contribution in [2.24, 2.45) is 0 Å². The predicted octanol–water partition coefficient (Wildman–Crippen LogP) is 2.92. The number of hydrogen-bond acceptors (Lipinski definition) is 3. The number of rotatable bonds is 4. The third-order valence-corrected chi connectivity index (χ3v) is 3.39. The first-order chi connectivity index (χ1) is 8.22. The highest BCUT2D eigenvalue weighted by atomic mass is 32.1. The molecule has 0 spiro atoms. The number of nitrogens with one attached hydrogen (secondary N) is 1. The minimum absolute atomic E-state index is 0.0865. The second kappa shape index (κ2) is 5.33. The Bertz CT molecular complexity index is 465. The summed E-state index contributed by atoms with van der Waals surface area (Å²) in [5.41, 5.74) is 1.79. The first-order valence-corrected chi connectivity index (χ1v) is 6.09. The van der Waals surface area contributed by atoms with E-state index in [-0.39, 0.29) is 11.6 Å². The van der Waals surface area contributed by atoms with Crippen molar-refractivity contribution in [1.29, 1.82) is 0 Å². The van der Waals surface area contributed by atoms with Crippen molar-refractivity contribution in [3.05, 3.63) is 52.0 Å². The Balaban J connectivity index is 2.29. The Hall–Kier alpha value is -1.33. The topological polar surface area (TPSA) is 24.9 Å². The zero-order valence-corrected chi connectivity index (χ0v) is 10.1. The van der Waals surface area contributed by atoms with Gasteiger partial charge in [0, 0.05) is 29.1 Å². The van der Waals surface area contributed by atoms with E-state index < -0.39 is 11.6 Å². The van der Waals surface area contributed by atoms with Crippen LogP contribution >= 0.6 is 11.3 Å². The zero-order valence-electron chi connectivity index (χ0n) is 9.28. The summed E-state index contributed by atoms with van der Waals surface area (Å²) in [6.07, 6.45) is 2.24. The monoisotopic (exact) mass is 254 g/mol. The van der Waals surface area contributed by atoms with Crippen molar-refractivity contribution in [2.75, 3.05) is 7.05 Å². The second-order valence-electron chi connectivity index (χ2n) is 3.65. The molecule has 1 unspecified atom stereocenters. The van der Waals surface area contributed by atoms with E-state index in [0.29, 0.717) is 6.42 Å². The van der Waals surface area contributed by atoms with E-state index >= 15 is 0 Å². The number of benzene rings is 1. The lowest BCUT2D eigenvalue weighted by Gasteiger charge is -2.17. The Morgan fingerprint density at radius 2 is 2.06 bits per heavy atom. The summed E-state index contributed by atoms with van der Waals surface area (Å²) in [6, 6.07) is 3.54. The number of thiazole rings is 1. The molecule has 0 aliphatic heterocycles. The third kappa shape index (κ3) is 2.68. The Kier molecular flexibility index (Phi) is 3.81. The van der Waals surface area contributed by atoms with E-state index in [9.17, 15) is 8.78 Å². The van der Waals surface area contributed by atoms with Gasteiger partial charge in [-0.05, 0) is 19.2 Å². The molecule has 1 aromatic heterocycles. The molecule has 2 rings (SSSR count). The molecule has 0 aliphatic carbocycles. The highest BCUT2D eigenvalue weighted by Crippen LogP contribution is 2.24. The average Bonchev–Trinajstić information content (AvgIpc) is 2.80. The molecular formula is C12H12F2N2S. The van der Waals surface area contributed by atoms with Crippen LogP contribution in [-0.4, -0.2) is 12.0 Å². The van der Waals surface area contributed by atoms with E-state index in [2.05, 4.69) is 10.3 Å². The fraction of sp³-hybridized carbons (Fsp3) is 0.250. The van der Waals surface area contributed by atoms with Gasteiger partial charge in [0.15, 0.2) is 0 Å². The minimum Gasteiger partial charge on any atom is -0.313 e. The molecule has 1 aromatic carbocycles. The van der Waals surface area contributed by atoms with Crippen molar-refractivity contribution >= 4 is 11.3 Å². The van der Waals surface area contributed by atoms with Crippen LogP contribution in [0.1, 0.15) is 16.5 Å². The molecule has 1 atom stereocenters. The van der Waals surface area contributed by atoms with Gasteiger partial charge in [-0.2, -0.15) is 0 Å². The van der Waals surface area contributed by atoms with Crippen LogP contribution in [0, 0.1) is 11.6 Å². The number of likely N-dealkylation sites (N-methyl/N-ethyl adjacent to an activating group) is 1. The zero-order chi connectivity index (χ0) is 12.3. The standard InChI is InChI=1S/C12H12F2N2S/c1-15-11(5-8-6-16-7-17-8)12-9(13)3-2-4-10(12)14/h2-4,6-7,11,15H,5H2,1H3. The van der Waals surface area contributed by atoms with Gasteiger partial charge in [-0.1, -0.05) is 6.07 Å². The second-order valence-corrected chi connectivity index (χ2v) is 4.62. The van der Waals surface area contributed by atoms with Crippen LogP contribution in [-0.2, 0) is 6.42 Å². The van der Waals surface area contributed by atoms with Crippen molar-refractivity contribution in [3.8, 4) is 0 Å². The summed E-state index contributed by atoms with van der Waals surface area (Å²) in [4.78, 5) is 4.94. The summed E-state index contributed by atoms with van der Waals surface area (Å²) in [7, 11) is 1.69. The van der Waals surface area contributed by atoms with Gasteiger partial charge in [0.2, 0.25) is 0 Å². The predicted molar refractivity (Wildman–Crippen MR) is 64.0 cm³/mol. The lowest BCUT2D eigenvalue weighted by atomic mass is 10.0. The van der Waals surface area contributed by atoms with Crippen molar-refractivity contribution < 1.29 is 8.78 Å². The molecule has 0 bridgehead atoms. The van der Waals surface area contributed by atoms with E-state index in [1.54, 1.807) is 18.8 Å². The van der Waals surface area contributed by atoms with Crippen LogP contribution in [0.15, 0.2) is 29.9 Å². The molecular weight excluding hydrogens is 242 g/mol. The number of aromatic nitrogens is 1. The minimum atomic E-state index is -0.520. The number of hydrogen-bond donors (Lipinski definition) is 1. The summed E-state index contributed by atoms with van der Waals surface area (Å²) in [6.45, 7) is 0. The summed E-state index contributed by atoms with van der Waals surface area (Å²) >= 11 is 1.48. The maximum absolute atomic E-state index is 13.6. The molecule has 0 saturated heterocycles. The van der Waals surface area contributed by atoms with Crippen LogP contribution in [0.5, 0.6) is 0 Å². The quantitative estimate of drug-likeness (QED) is 0.907. The molecule has 90 valence electrons. The maximum Gasteiger partial charge on any atom is 0.130 e. The first kappa shape index (κ1) is 12.1. The smallest absolute Gasteiger partial charge is 0.130 e. The molecule has 0 aliphatic rings. The van der Waals surface area contributed by atoms with Crippen LogP contribution in [0.2, 0.25) is 0 Å². The van der Waals surface area contributed by atoms with Gasteiger partial charge >= 0.3 is 0 Å².